The Bertz CT molecular complexity index is 317. The van der Waals surface area contributed by atoms with E-state index in [0.29, 0.717) is 17.5 Å². The molecule has 0 aromatic rings. The maximum atomic E-state index is 6.22. The highest BCUT2D eigenvalue weighted by molar-refractivity contribution is 7.80. The van der Waals surface area contributed by atoms with Crippen molar-refractivity contribution in [1.82, 2.24) is 0 Å². The predicted molar refractivity (Wildman–Crippen MR) is 68.2 cm³/mol. The van der Waals surface area contributed by atoms with Crippen molar-refractivity contribution in [3.05, 3.63) is 0 Å². The quantitative estimate of drug-likeness (QED) is 0.436. The van der Waals surface area contributed by atoms with Crippen LogP contribution in [0.2, 0.25) is 0 Å². The van der Waals surface area contributed by atoms with E-state index in [1.807, 2.05) is 20.8 Å². The smallest absolute Gasteiger partial charge is 0.174 e. The van der Waals surface area contributed by atoms with Gasteiger partial charge in [0.1, 0.15) is 16.8 Å². The van der Waals surface area contributed by atoms with Gasteiger partial charge in [0.15, 0.2) is 5.05 Å². The van der Waals surface area contributed by atoms with Crippen molar-refractivity contribution in [2.24, 2.45) is 15.4 Å². The third-order valence-electron chi connectivity index (χ3n) is 2.45. The van der Waals surface area contributed by atoms with Crippen molar-refractivity contribution < 1.29 is 4.74 Å². The molecule has 1 heterocycles. The Kier molecular flexibility index (Phi) is 4.22. The maximum absolute atomic E-state index is 6.22. The topological polar surface area (TPSA) is 34.0 Å². The second-order valence-corrected chi connectivity index (χ2v) is 4.17. The summed E-state index contributed by atoms with van der Waals surface area (Å²) in [4.78, 5) is 8.41. The molecule has 0 aliphatic carbocycles. The first kappa shape index (κ1) is 12.6. The summed E-state index contributed by atoms with van der Waals surface area (Å²) in [6.07, 6.45) is 2.51. The van der Waals surface area contributed by atoms with Crippen LogP contribution in [0, 0.1) is 5.41 Å². The summed E-state index contributed by atoms with van der Waals surface area (Å²) in [6, 6.07) is 0. The zero-order valence-corrected chi connectivity index (χ0v) is 10.7. The lowest BCUT2D eigenvalue weighted by molar-refractivity contribution is 0.291. The number of thiocarbonyl (C=S) groups is 1. The molecule has 2 atom stereocenters. The van der Waals surface area contributed by atoms with E-state index in [4.69, 9.17) is 28.6 Å². The average Bonchev–Trinajstić information content (AvgIpc) is 2.19. The molecule has 1 aliphatic rings. The highest BCUT2D eigenvalue weighted by Gasteiger charge is 2.42. The summed E-state index contributed by atoms with van der Waals surface area (Å²) in [5.74, 6) is 0.679. The van der Waals surface area contributed by atoms with Gasteiger partial charge in [0.25, 0.3) is 0 Å². The minimum atomic E-state index is -0.535. The monoisotopic (exact) mass is 246 g/mol. The number of nitrogens with zero attached hydrogens (tertiary/aromatic N) is 2. The van der Waals surface area contributed by atoms with E-state index in [1.54, 1.807) is 6.21 Å². The third kappa shape index (κ3) is 2.37. The van der Waals surface area contributed by atoms with E-state index in [0.717, 1.165) is 6.42 Å². The first-order valence-corrected chi connectivity index (χ1v) is 5.82. The van der Waals surface area contributed by atoms with Crippen molar-refractivity contribution in [2.75, 3.05) is 6.61 Å². The summed E-state index contributed by atoms with van der Waals surface area (Å²) in [5.41, 5.74) is -0.953. The second kappa shape index (κ2) is 5.03. The lowest BCUT2D eigenvalue weighted by Gasteiger charge is -2.33. The summed E-state index contributed by atoms with van der Waals surface area (Å²) in [7, 11) is 0. The van der Waals surface area contributed by atoms with Gasteiger partial charge in [0.05, 0.1) is 6.61 Å². The van der Waals surface area contributed by atoms with E-state index in [1.165, 1.54) is 0 Å². The van der Waals surface area contributed by atoms with Crippen molar-refractivity contribution in [3.8, 4) is 0 Å². The molecule has 2 unspecified atom stereocenters. The molecule has 0 amide bonds. The Hall–Kier alpha value is -0.480. The molecule has 0 fully saturated rings. The van der Waals surface area contributed by atoms with Crippen LogP contribution in [0.3, 0.4) is 0 Å². The zero-order chi connectivity index (χ0) is 11.5. The van der Waals surface area contributed by atoms with Gasteiger partial charge in [0.2, 0.25) is 0 Å². The molecule has 0 aromatic heterocycles. The predicted octanol–water partition coefficient (Wildman–Crippen LogP) is 2.81. The maximum Gasteiger partial charge on any atom is 0.174 e. The van der Waals surface area contributed by atoms with E-state index in [9.17, 15) is 0 Å². The Labute approximate surface area is 101 Å². The van der Waals surface area contributed by atoms with E-state index in [2.05, 4.69) is 9.98 Å². The number of rotatable bonds is 3. The molecule has 0 aromatic carbocycles. The van der Waals surface area contributed by atoms with Crippen LogP contribution in [0.5, 0.6) is 0 Å². The minimum Gasteiger partial charge on any atom is -0.486 e. The molecule has 0 N–H and O–H groups in total. The summed E-state index contributed by atoms with van der Waals surface area (Å²) < 4.78 is 5.37. The Morgan fingerprint density at radius 1 is 1.67 bits per heavy atom. The van der Waals surface area contributed by atoms with Gasteiger partial charge in [0, 0.05) is 6.21 Å². The molecule has 15 heavy (non-hydrogen) atoms. The third-order valence-corrected chi connectivity index (χ3v) is 3.43. The molecule has 0 saturated heterocycles. The Balaban J connectivity index is 2.96. The SMILES string of the molecule is CCOC(=S)C1(CC)C=NC(C)=NC1Cl. The number of hydrogen-bond acceptors (Lipinski definition) is 4. The van der Waals surface area contributed by atoms with Gasteiger partial charge in [-0.3, -0.25) is 0 Å². The molecule has 1 aliphatic heterocycles. The lowest BCUT2D eigenvalue weighted by Crippen LogP contribution is -2.42. The van der Waals surface area contributed by atoms with Gasteiger partial charge in [-0.25, -0.2) is 9.98 Å². The van der Waals surface area contributed by atoms with Crippen LogP contribution in [0.4, 0.5) is 0 Å². The highest BCUT2D eigenvalue weighted by atomic mass is 35.5. The van der Waals surface area contributed by atoms with E-state index >= 15 is 0 Å². The largest absolute Gasteiger partial charge is 0.486 e. The molecule has 1 rings (SSSR count). The number of ether oxygens (including phenoxy) is 1. The van der Waals surface area contributed by atoms with Gasteiger partial charge in [-0.05, 0) is 32.5 Å². The van der Waals surface area contributed by atoms with Gasteiger partial charge >= 0.3 is 0 Å². The van der Waals surface area contributed by atoms with E-state index in [-0.39, 0.29) is 0 Å². The molecule has 0 saturated carbocycles. The van der Waals surface area contributed by atoms with Crippen LogP contribution in [-0.2, 0) is 4.74 Å². The molecule has 0 radical (unpaired) electrons. The zero-order valence-electron chi connectivity index (χ0n) is 9.16. The van der Waals surface area contributed by atoms with Gasteiger partial charge in [-0.2, -0.15) is 0 Å². The highest BCUT2D eigenvalue weighted by Crippen LogP contribution is 2.34. The average molecular weight is 247 g/mol. The van der Waals surface area contributed by atoms with Crippen molar-refractivity contribution >= 4 is 40.9 Å². The van der Waals surface area contributed by atoms with E-state index < -0.39 is 10.9 Å². The van der Waals surface area contributed by atoms with Crippen molar-refractivity contribution in [2.45, 2.75) is 32.7 Å². The molecular weight excluding hydrogens is 232 g/mol. The Morgan fingerprint density at radius 3 is 2.80 bits per heavy atom. The molecular formula is C10H15ClN2OS. The fraction of sp³-hybridized carbons (Fsp3) is 0.700. The van der Waals surface area contributed by atoms with Crippen LogP contribution in [0.15, 0.2) is 9.98 Å². The normalized spacial score (nSPS) is 29.9. The molecule has 0 spiro atoms. The summed E-state index contributed by atoms with van der Waals surface area (Å²) >= 11 is 11.5. The number of halogens is 1. The standard InChI is InChI=1S/C10H15ClN2OS/c1-4-10(9(15)14-5-2)6-12-7(3)13-8(10)11/h6,8H,4-5H2,1-3H3. The fourth-order valence-electron chi connectivity index (χ4n) is 1.40. The number of alkyl halides is 1. The van der Waals surface area contributed by atoms with Crippen molar-refractivity contribution in [1.29, 1.82) is 0 Å². The van der Waals surface area contributed by atoms with Crippen LogP contribution >= 0.6 is 23.8 Å². The number of hydrogen-bond donors (Lipinski definition) is 0. The second-order valence-electron chi connectivity index (χ2n) is 3.38. The summed E-state index contributed by atoms with van der Waals surface area (Å²) in [6.45, 7) is 6.26. The molecule has 5 heteroatoms. The number of aliphatic imine (C=N–C) groups is 2. The van der Waals surface area contributed by atoms with Crippen LogP contribution in [-0.4, -0.2) is 29.2 Å². The van der Waals surface area contributed by atoms with Gasteiger partial charge < -0.3 is 4.74 Å². The first-order chi connectivity index (χ1) is 7.06. The Morgan fingerprint density at radius 2 is 2.33 bits per heavy atom. The first-order valence-electron chi connectivity index (χ1n) is 4.97. The molecule has 84 valence electrons. The minimum absolute atomic E-state index is 0.418. The van der Waals surface area contributed by atoms with Crippen LogP contribution in [0.25, 0.3) is 0 Å². The molecule has 0 bridgehead atoms. The lowest BCUT2D eigenvalue weighted by atomic mass is 9.86. The van der Waals surface area contributed by atoms with Gasteiger partial charge in [-0.15, -0.1) is 0 Å². The van der Waals surface area contributed by atoms with Crippen molar-refractivity contribution in [3.63, 3.8) is 0 Å². The van der Waals surface area contributed by atoms with Gasteiger partial charge in [-0.1, -0.05) is 18.5 Å². The van der Waals surface area contributed by atoms with Crippen LogP contribution in [0.1, 0.15) is 27.2 Å². The van der Waals surface area contributed by atoms with Crippen LogP contribution < -0.4 is 0 Å². The fourth-order valence-corrected chi connectivity index (χ4v) is 2.34. The number of amidine groups is 1. The molecule has 3 nitrogen and oxygen atoms in total. The summed E-state index contributed by atoms with van der Waals surface area (Å²) in [5, 5.41) is 0.479.